The molecular formula is C17H35N3O2S. The third-order valence-electron chi connectivity index (χ3n) is 5.58. The van der Waals surface area contributed by atoms with Crippen LogP contribution in [0.1, 0.15) is 51.9 Å². The van der Waals surface area contributed by atoms with Crippen LogP contribution in [-0.2, 0) is 10.0 Å². The third kappa shape index (κ3) is 6.00. The van der Waals surface area contributed by atoms with Crippen LogP contribution in [0.3, 0.4) is 0 Å². The highest BCUT2D eigenvalue weighted by molar-refractivity contribution is 7.89. The minimum absolute atomic E-state index is 0.308. The number of nitrogens with two attached hydrogens (primary N) is 1. The molecule has 2 heterocycles. The molecule has 0 unspecified atom stereocenters. The largest absolute Gasteiger partial charge is 0.330 e. The van der Waals surface area contributed by atoms with Crippen LogP contribution in [-0.4, -0.2) is 62.6 Å². The van der Waals surface area contributed by atoms with Crippen molar-refractivity contribution in [3.63, 3.8) is 0 Å². The van der Waals surface area contributed by atoms with Gasteiger partial charge in [-0.3, -0.25) is 0 Å². The van der Waals surface area contributed by atoms with E-state index in [1.54, 1.807) is 4.31 Å². The second-order valence-electron chi connectivity index (χ2n) is 7.32. The van der Waals surface area contributed by atoms with Gasteiger partial charge in [-0.2, -0.15) is 0 Å². The number of piperidine rings is 2. The molecule has 0 aromatic rings. The second kappa shape index (κ2) is 9.35. The van der Waals surface area contributed by atoms with Gasteiger partial charge in [0.2, 0.25) is 10.0 Å². The summed E-state index contributed by atoms with van der Waals surface area (Å²) in [6.45, 7) is 7.51. The van der Waals surface area contributed by atoms with Crippen molar-refractivity contribution in [2.24, 2.45) is 17.6 Å². The molecule has 2 rings (SSSR count). The zero-order valence-corrected chi connectivity index (χ0v) is 15.6. The second-order valence-corrected chi connectivity index (χ2v) is 9.41. The van der Waals surface area contributed by atoms with Crippen molar-refractivity contribution in [2.75, 3.05) is 45.0 Å². The maximum Gasteiger partial charge on any atom is 0.214 e. The molecule has 2 fully saturated rings. The number of hydrogen-bond donors (Lipinski definition) is 1. The summed E-state index contributed by atoms with van der Waals surface area (Å²) >= 11 is 0. The maximum absolute atomic E-state index is 12.5. The lowest BCUT2D eigenvalue weighted by atomic mass is 9.94. The Morgan fingerprint density at radius 3 is 2.17 bits per heavy atom. The molecule has 2 aliphatic heterocycles. The fourth-order valence-electron chi connectivity index (χ4n) is 3.93. The van der Waals surface area contributed by atoms with E-state index < -0.39 is 10.0 Å². The van der Waals surface area contributed by atoms with Crippen LogP contribution in [0.5, 0.6) is 0 Å². The van der Waals surface area contributed by atoms with Crippen LogP contribution in [0.2, 0.25) is 0 Å². The Kier molecular flexibility index (Phi) is 7.79. The van der Waals surface area contributed by atoms with Gasteiger partial charge in [-0.1, -0.05) is 19.8 Å². The Bertz CT molecular complexity index is 425. The molecule has 2 saturated heterocycles. The number of nitrogens with zero attached hydrogens (tertiary/aromatic N) is 2. The van der Waals surface area contributed by atoms with E-state index in [0.717, 1.165) is 77.3 Å². The molecule has 0 spiro atoms. The summed E-state index contributed by atoms with van der Waals surface area (Å²) < 4.78 is 26.7. The minimum atomic E-state index is -3.05. The smallest absolute Gasteiger partial charge is 0.214 e. The quantitative estimate of drug-likeness (QED) is 0.729. The van der Waals surface area contributed by atoms with E-state index in [1.165, 1.54) is 12.8 Å². The van der Waals surface area contributed by atoms with Gasteiger partial charge in [-0.25, -0.2) is 12.7 Å². The van der Waals surface area contributed by atoms with Crippen LogP contribution in [0.15, 0.2) is 0 Å². The van der Waals surface area contributed by atoms with Crippen LogP contribution in [0.25, 0.3) is 0 Å². The molecule has 0 saturated carbocycles. The zero-order valence-electron chi connectivity index (χ0n) is 14.8. The first-order valence-corrected chi connectivity index (χ1v) is 11.1. The van der Waals surface area contributed by atoms with Gasteiger partial charge >= 0.3 is 0 Å². The van der Waals surface area contributed by atoms with E-state index in [-0.39, 0.29) is 0 Å². The maximum atomic E-state index is 12.5. The Labute approximate surface area is 142 Å². The molecule has 0 aromatic heterocycles. The lowest BCUT2D eigenvalue weighted by molar-refractivity contribution is 0.187. The first-order valence-electron chi connectivity index (χ1n) is 9.45. The van der Waals surface area contributed by atoms with Crippen molar-refractivity contribution >= 4 is 10.0 Å². The molecule has 0 bridgehead atoms. The lowest BCUT2D eigenvalue weighted by Gasteiger charge is -2.32. The van der Waals surface area contributed by atoms with E-state index in [0.29, 0.717) is 11.7 Å². The van der Waals surface area contributed by atoms with Gasteiger partial charge in [0.25, 0.3) is 0 Å². The highest BCUT2D eigenvalue weighted by Crippen LogP contribution is 2.24. The van der Waals surface area contributed by atoms with Crippen LogP contribution >= 0.6 is 0 Å². The first-order chi connectivity index (χ1) is 11.0. The van der Waals surface area contributed by atoms with E-state index >= 15 is 0 Å². The Hall–Kier alpha value is -0.170. The van der Waals surface area contributed by atoms with E-state index in [1.807, 2.05) is 0 Å². The fourth-order valence-corrected chi connectivity index (χ4v) is 5.45. The number of sulfonamides is 1. The summed E-state index contributed by atoms with van der Waals surface area (Å²) in [5, 5.41) is 0. The average Bonchev–Trinajstić information content (AvgIpc) is 2.56. The molecule has 5 nitrogen and oxygen atoms in total. The SMILES string of the molecule is CCCC1CCN(S(=O)(=O)CCCN2CCC(CN)CC2)CC1. The molecular weight excluding hydrogens is 310 g/mol. The zero-order chi connectivity index (χ0) is 16.7. The van der Waals surface area contributed by atoms with E-state index in [2.05, 4.69) is 11.8 Å². The molecule has 136 valence electrons. The highest BCUT2D eigenvalue weighted by Gasteiger charge is 2.27. The van der Waals surface area contributed by atoms with Gasteiger partial charge in [0.1, 0.15) is 0 Å². The lowest BCUT2D eigenvalue weighted by Crippen LogP contribution is -2.41. The minimum Gasteiger partial charge on any atom is -0.330 e. The van der Waals surface area contributed by atoms with Crippen LogP contribution in [0.4, 0.5) is 0 Å². The van der Waals surface area contributed by atoms with E-state index in [9.17, 15) is 8.42 Å². The van der Waals surface area contributed by atoms with Gasteiger partial charge in [0, 0.05) is 13.1 Å². The predicted octanol–water partition coefficient (Wildman–Crippen LogP) is 1.89. The molecule has 0 radical (unpaired) electrons. The summed E-state index contributed by atoms with van der Waals surface area (Å²) in [6, 6.07) is 0. The normalized spacial score (nSPS) is 23.4. The summed E-state index contributed by atoms with van der Waals surface area (Å²) in [7, 11) is -3.05. The summed E-state index contributed by atoms with van der Waals surface area (Å²) in [5.41, 5.74) is 5.71. The van der Waals surface area contributed by atoms with E-state index in [4.69, 9.17) is 5.73 Å². The van der Waals surface area contributed by atoms with Gasteiger partial charge in [-0.15, -0.1) is 0 Å². The van der Waals surface area contributed by atoms with Gasteiger partial charge in [0.05, 0.1) is 5.75 Å². The number of rotatable bonds is 8. The van der Waals surface area contributed by atoms with Gasteiger partial charge in [0.15, 0.2) is 0 Å². The predicted molar refractivity (Wildman–Crippen MR) is 95.8 cm³/mol. The van der Waals surface area contributed by atoms with Crippen molar-refractivity contribution in [3.8, 4) is 0 Å². The molecule has 2 N–H and O–H groups in total. The summed E-state index contributed by atoms with van der Waals surface area (Å²) in [6.07, 6.45) is 7.61. The molecule has 0 aliphatic carbocycles. The topological polar surface area (TPSA) is 66.6 Å². The fraction of sp³-hybridized carbons (Fsp3) is 1.00. The molecule has 0 aromatic carbocycles. The molecule has 23 heavy (non-hydrogen) atoms. The van der Waals surface area contributed by atoms with Crippen molar-refractivity contribution in [1.82, 2.24) is 9.21 Å². The Balaban J connectivity index is 1.66. The highest BCUT2D eigenvalue weighted by atomic mass is 32.2. The molecule has 0 atom stereocenters. The van der Waals surface area contributed by atoms with Crippen molar-refractivity contribution in [3.05, 3.63) is 0 Å². The van der Waals surface area contributed by atoms with Crippen molar-refractivity contribution in [1.29, 1.82) is 0 Å². The molecule has 2 aliphatic rings. The van der Waals surface area contributed by atoms with Crippen LogP contribution in [0, 0.1) is 11.8 Å². The monoisotopic (exact) mass is 345 g/mol. The van der Waals surface area contributed by atoms with Gasteiger partial charge in [-0.05, 0) is 70.1 Å². The molecule has 6 heteroatoms. The Morgan fingerprint density at radius 1 is 1.00 bits per heavy atom. The summed E-state index contributed by atoms with van der Waals surface area (Å²) in [5.74, 6) is 1.71. The first kappa shape index (κ1) is 19.2. The van der Waals surface area contributed by atoms with Crippen molar-refractivity contribution in [2.45, 2.75) is 51.9 Å². The van der Waals surface area contributed by atoms with Crippen molar-refractivity contribution < 1.29 is 8.42 Å². The molecule has 0 amide bonds. The summed E-state index contributed by atoms with van der Waals surface area (Å²) in [4.78, 5) is 2.40. The Morgan fingerprint density at radius 2 is 1.61 bits per heavy atom. The third-order valence-corrected chi connectivity index (χ3v) is 7.54. The number of hydrogen-bond acceptors (Lipinski definition) is 4. The number of likely N-dealkylation sites (tertiary alicyclic amines) is 1. The van der Waals surface area contributed by atoms with Crippen LogP contribution < -0.4 is 5.73 Å². The average molecular weight is 346 g/mol. The van der Waals surface area contributed by atoms with Gasteiger partial charge < -0.3 is 10.6 Å². The standard InChI is InChI=1S/C17H35N3O2S/c1-2-4-16-7-12-20(13-8-16)23(21,22)14-3-9-19-10-5-17(15-18)6-11-19/h16-17H,2-15,18H2,1H3.